The van der Waals surface area contributed by atoms with Gasteiger partial charge in [0.2, 0.25) is 0 Å². The van der Waals surface area contributed by atoms with Crippen molar-refractivity contribution < 1.29 is 9.90 Å². The Kier molecular flexibility index (Phi) is 8.07. The number of aromatic hydroxyl groups is 1. The fraction of sp³-hybridized carbons (Fsp3) is 0.286. The molecule has 148 valence electrons. The average Bonchev–Trinajstić information content (AvgIpc) is 2.70. The van der Waals surface area contributed by atoms with E-state index in [0.29, 0.717) is 16.9 Å². The normalized spacial score (nSPS) is 11.4. The highest BCUT2D eigenvalue weighted by Gasteiger charge is 2.12. The molecule has 0 spiro atoms. The van der Waals surface area contributed by atoms with Crippen LogP contribution in [-0.4, -0.2) is 36.9 Å². The zero-order valence-corrected chi connectivity index (χ0v) is 17.2. The number of benzene rings is 2. The summed E-state index contributed by atoms with van der Waals surface area (Å²) >= 11 is 1.56. The van der Waals surface area contributed by atoms with Gasteiger partial charge in [-0.1, -0.05) is 12.1 Å². The molecule has 2 aromatic carbocycles. The minimum Gasteiger partial charge on any atom is -0.507 e. The maximum Gasteiger partial charge on any atom is 0.146 e. The summed E-state index contributed by atoms with van der Waals surface area (Å²) in [5, 5.41) is 17.0. The van der Waals surface area contributed by atoms with Crippen molar-refractivity contribution in [3.05, 3.63) is 53.6 Å². The van der Waals surface area contributed by atoms with E-state index in [0.717, 1.165) is 22.6 Å². The number of para-hydroxylation sites is 1. The summed E-state index contributed by atoms with van der Waals surface area (Å²) in [5.74, 6) is 0.590. The second kappa shape index (κ2) is 10.5. The third kappa shape index (κ3) is 5.60. The molecule has 0 radical (unpaired) electrons. The van der Waals surface area contributed by atoms with Crippen molar-refractivity contribution in [1.29, 1.82) is 5.53 Å². The van der Waals surface area contributed by atoms with Crippen molar-refractivity contribution in [2.24, 2.45) is 5.11 Å². The number of rotatable bonds is 10. The molecule has 0 aromatic heterocycles. The van der Waals surface area contributed by atoms with E-state index in [2.05, 4.69) is 10.4 Å². The van der Waals surface area contributed by atoms with Crippen LogP contribution in [0.3, 0.4) is 0 Å². The molecule has 0 aliphatic carbocycles. The lowest BCUT2D eigenvalue weighted by atomic mass is 10.1. The molecule has 0 aliphatic heterocycles. The first-order valence-electron chi connectivity index (χ1n) is 8.98. The average molecular weight is 399 g/mol. The SMILES string of the molecule is CNc1ccccc1SC/C(C=O)=C/c1ccc(N(CN=N)C(C)C)cc1O. The van der Waals surface area contributed by atoms with E-state index in [4.69, 9.17) is 5.53 Å². The minimum atomic E-state index is 0.0908. The van der Waals surface area contributed by atoms with Crippen molar-refractivity contribution in [2.75, 3.05) is 29.7 Å². The number of anilines is 2. The van der Waals surface area contributed by atoms with Crippen LogP contribution in [0.1, 0.15) is 19.4 Å². The van der Waals surface area contributed by atoms with Gasteiger partial charge in [-0.3, -0.25) is 4.79 Å². The Morgan fingerprint density at radius 3 is 2.68 bits per heavy atom. The van der Waals surface area contributed by atoms with E-state index < -0.39 is 0 Å². The quantitative estimate of drug-likeness (QED) is 0.226. The van der Waals surface area contributed by atoms with Gasteiger partial charge in [-0.2, -0.15) is 5.11 Å². The van der Waals surface area contributed by atoms with E-state index in [9.17, 15) is 9.90 Å². The Hall–Kier alpha value is -2.80. The molecule has 2 aromatic rings. The first kappa shape index (κ1) is 21.5. The van der Waals surface area contributed by atoms with Crippen LogP contribution in [0.4, 0.5) is 11.4 Å². The Morgan fingerprint density at radius 1 is 1.32 bits per heavy atom. The molecule has 0 atom stereocenters. The van der Waals surface area contributed by atoms with Crippen LogP contribution in [0.25, 0.3) is 6.08 Å². The molecule has 0 saturated carbocycles. The van der Waals surface area contributed by atoms with Gasteiger partial charge in [0.25, 0.3) is 0 Å². The van der Waals surface area contributed by atoms with Crippen LogP contribution in [-0.2, 0) is 4.79 Å². The summed E-state index contributed by atoms with van der Waals surface area (Å²) in [5.41, 5.74) is 10.1. The van der Waals surface area contributed by atoms with E-state index in [-0.39, 0.29) is 18.5 Å². The van der Waals surface area contributed by atoms with Crippen molar-refractivity contribution in [3.63, 3.8) is 0 Å². The van der Waals surface area contributed by atoms with Crippen molar-refractivity contribution in [1.82, 2.24) is 0 Å². The number of hydrogen-bond donors (Lipinski definition) is 3. The molecular weight excluding hydrogens is 372 g/mol. The van der Waals surface area contributed by atoms with Gasteiger partial charge in [0, 0.05) is 52.3 Å². The monoisotopic (exact) mass is 398 g/mol. The highest BCUT2D eigenvalue weighted by Crippen LogP contribution is 2.30. The minimum absolute atomic E-state index is 0.0908. The van der Waals surface area contributed by atoms with Gasteiger partial charge in [0.05, 0.1) is 0 Å². The standard InChI is InChI=1S/C21H26N4O2S/c1-15(2)25(14-24-22)18-9-8-17(20(27)11-18)10-16(12-26)13-28-21-7-5-4-6-19(21)23-3/h4-12,15,22-23,27H,13-14H2,1-3H3/b16-10+,24-22?. The molecule has 0 heterocycles. The number of hydrogen-bond acceptors (Lipinski definition) is 7. The zero-order valence-electron chi connectivity index (χ0n) is 16.3. The predicted molar refractivity (Wildman–Crippen MR) is 116 cm³/mol. The largest absolute Gasteiger partial charge is 0.507 e. The molecule has 0 amide bonds. The molecule has 0 fully saturated rings. The molecule has 2 rings (SSSR count). The van der Waals surface area contributed by atoms with Crippen LogP contribution in [0.2, 0.25) is 0 Å². The molecule has 0 aliphatic rings. The van der Waals surface area contributed by atoms with E-state index >= 15 is 0 Å². The first-order chi connectivity index (χ1) is 13.5. The number of nitrogens with one attached hydrogen (secondary N) is 2. The highest BCUT2D eigenvalue weighted by atomic mass is 32.2. The second-order valence-corrected chi connectivity index (χ2v) is 7.50. The number of phenolic OH excluding ortho intramolecular Hbond substituents is 1. The number of thioether (sulfide) groups is 1. The number of carbonyl (C=O) groups excluding carboxylic acids is 1. The first-order valence-corrected chi connectivity index (χ1v) is 9.97. The van der Waals surface area contributed by atoms with Gasteiger partial charge in [0.15, 0.2) is 0 Å². The fourth-order valence-electron chi connectivity index (χ4n) is 2.72. The van der Waals surface area contributed by atoms with Crippen molar-refractivity contribution in [2.45, 2.75) is 24.8 Å². The summed E-state index contributed by atoms with van der Waals surface area (Å²) in [7, 11) is 1.86. The lowest BCUT2D eigenvalue weighted by Crippen LogP contribution is -2.30. The smallest absolute Gasteiger partial charge is 0.146 e. The molecule has 6 nitrogen and oxygen atoms in total. The Labute approximate surface area is 170 Å². The van der Waals surface area contributed by atoms with Gasteiger partial charge in [-0.15, -0.1) is 11.8 Å². The second-order valence-electron chi connectivity index (χ2n) is 6.48. The van der Waals surface area contributed by atoms with Gasteiger partial charge < -0.3 is 15.3 Å². The third-order valence-electron chi connectivity index (χ3n) is 4.24. The highest BCUT2D eigenvalue weighted by molar-refractivity contribution is 7.99. The van der Waals surface area contributed by atoms with Crippen LogP contribution >= 0.6 is 11.8 Å². The summed E-state index contributed by atoms with van der Waals surface area (Å²) in [6.45, 7) is 4.23. The van der Waals surface area contributed by atoms with E-state index in [1.54, 1.807) is 30.0 Å². The molecule has 28 heavy (non-hydrogen) atoms. The number of carbonyl (C=O) groups is 1. The topological polar surface area (TPSA) is 88.8 Å². The van der Waals surface area contributed by atoms with Crippen LogP contribution < -0.4 is 10.2 Å². The van der Waals surface area contributed by atoms with Crippen molar-refractivity contribution >= 4 is 35.5 Å². The van der Waals surface area contributed by atoms with Crippen LogP contribution in [0.5, 0.6) is 5.75 Å². The molecule has 3 N–H and O–H groups in total. The Morgan fingerprint density at radius 2 is 2.07 bits per heavy atom. The van der Waals surface area contributed by atoms with Gasteiger partial charge in [-0.25, -0.2) is 5.53 Å². The summed E-state index contributed by atoms with van der Waals surface area (Å²) in [6.07, 6.45) is 2.53. The summed E-state index contributed by atoms with van der Waals surface area (Å²) in [6, 6.07) is 13.3. The van der Waals surface area contributed by atoms with Crippen molar-refractivity contribution in [3.8, 4) is 5.75 Å². The molecule has 0 unspecified atom stereocenters. The predicted octanol–water partition coefficient (Wildman–Crippen LogP) is 5.01. The van der Waals surface area contributed by atoms with Crippen LogP contribution in [0, 0.1) is 5.53 Å². The van der Waals surface area contributed by atoms with Gasteiger partial charge >= 0.3 is 0 Å². The zero-order chi connectivity index (χ0) is 20.5. The summed E-state index contributed by atoms with van der Waals surface area (Å²) < 4.78 is 0. The molecular formula is C21H26N4O2S. The van der Waals surface area contributed by atoms with E-state index in [1.165, 1.54) is 0 Å². The maximum absolute atomic E-state index is 11.5. The van der Waals surface area contributed by atoms with Gasteiger partial charge in [-0.05, 0) is 44.2 Å². The fourth-order valence-corrected chi connectivity index (χ4v) is 3.70. The van der Waals surface area contributed by atoms with E-state index in [1.807, 2.05) is 56.1 Å². The maximum atomic E-state index is 11.5. The Balaban J connectivity index is 2.19. The summed E-state index contributed by atoms with van der Waals surface area (Å²) in [4.78, 5) is 14.5. The lowest BCUT2D eigenvalue weighted by Gasteiger charge is -2.26. The van der Waals surface area contributed by atoms with Crippen LogP contribution in [0.15, 0.2) is 58.0 Å². The van der Waals surface area contributed by atoms with Gasteiger partial charge in [0.1, 0.15) is 18.7 Å². The molecule has 0 saturated heterocycles. The lowest BCUT2D eigenvalue weighted by molar-refractivity contribution is -0.104. The molecule has 7 heteroatoms. The number of nitrogens with zero attached hydrogens (tertiary/aromatic N) is 2. The third-order valence-corrected chi connectivity index (χ3v) is 5.38. The number of aldehydes is 1. The Bertz CT molecular complexity index is 852. The number of phenols is 1. The molecule has 0 bridgehead atoms.